The van der Waals surface area contributed by atoms with Crippen LogP contribution in [-0.2, 0) is 0 Å². The average Bonchev–Trinajstić information content (AvgIpc) is 2.07. The smallest absolute Gasteiger partial charge is 0.269 e. The third kappa shape index (κ3) is 6.62. The van der Waals surface area contributed by atoms with Gasteiger partial charge in [-0.1, -0.05) is 0 Å². The molecule has 1 heterocycles. The number of hydrogen-bond acceptors (Lipinski definition) is 5. The Labute approximate surface area is 62.5 Å². The SMILES string of the molecule is O=c1cnnc[nH]1.OCCO. The summed E-state index contributed by atoms with van der Waals surface area (Å²) < 4.78 is 0. The summed E-state index contributed by atoms with van der Waals surface area (Å²) in [6.07, 6.45) is 2.35. The van der Waals surface area contributed by atoms with E-state index in [2.05, 4.69) is 15.2 Å². The van der Waals surface area contributed by atoms with Gasteiger partial charge in [-0.3, -0.25) is 4.79 Å². The molecule has 1 rings (SSSR count). The fourth-order valence-electron chi connectivity index (χ4n) is 0.249. The van der Waals surface area contributed by atoms with Gasteiger partial charge >= 0.3 is 0 Å². The Morgan fingerprint density at radius 2 is 2.00 bits per heavy atom. The van der Waals surface area contributed by atoms with E-state index < -0.39 is 0 Å². The zero-order chi connectivity index (χ0) is 8.53. The number of nitrogens with zero attached hydrogens (tertiary/aromatic N) is 2. The molecule has 0 saturated heterocycles. The van der Waals surface area contributed by atoms with Gasteiger partial charge in [-0.25, -0.2) is 0 Å². The summed E-state index contributed by atoms with van der Waals surface area (Å²) in [5, 5.41) is 21.9. The summed E-state index contributed by atoms with van der Waals surface area (Å²) >= 11 is 0. The molecule has 0 fully saturated rings. The van der Waals surface area contributed by atoms with Crippen molar-refractivity contribution in [3.8, 4) is 0 Å². The molecule has 1 aromatic rings. The average molecular weight is 159 g/mol. The molecule has 0 aliphatic rings. The first kappa shape index (κ1) is 9.73. The van der Waals surface area contributed by atoms with Crippen molar-refractivity contribution in [2.45, 2.75) is 0 Å². The van der Waals surface area contributed by atoms with Crippen molar-refractivity contribution in [3.05, 3.63) is 22.9 Å². The summed E-state index contributed by atoms with van der Waals surface area (Å²) in [4.78, 5) is 12.4. The van der Waals surface area contributed by atoms with E-state index in [0.717, 1.165) is 6.20 Å². The van der Waals surface area contributed by atoms with E-state index in [0.29, 0.717) is 0 Å². The number of H-pyrrole nitrogens is 1. The predicted molar refractivity (Wildman–Crippen MR) is 36.8 cm³/mol. The van der Waals surface area contributed by atoms with Gasteiger partial charge in [-0.15, -0.1) is 5.10 Å². The molecular formula is C5H9N3O3. The quantitative estimate of drug-likeness (QED) is 0.446. The zero-order valence-corrected chi connectivity index (χ0v) is 5.77. The second kappa shape index (κ2) is 6.84. The summed E-state index contributed by atoms with van der Waals surface area (Å²) in [6.45, 7) is -0.250. The van der Waals surface area contributed by atoms with Crippen LogP contribution in [0.25, 0.3) is 0 Å². The van der Waals surface area contributed by atoms with Gasteiger partial charge < -0.3 is 15.2 Å². The molecule has 0 amide bonds. The predicted octanol–water partition coefficient (Wildman–Crippen LogP) is -1.86. The third-order valence-corrected chi connectivity index (χ3v) is 0.606. The second-order valence-electron chi connectivity index (χ2n) is 1.44. The van der Waals surface area contributed by atoms with Crippen LogP contribution in [-0.4, -0.2) is 38.6 Å². The number of rotatable bonds is 1. The van der Waals surface area contributed by atoms with Crippen molar-refractivity contribution in [1.82, 2.24) is 15.2 Å². The van der Waals surface area contributed by atoms with E-state index in [1.807, 2.05) is 0 Å². The number of nitrogens with one attached hydrogen (secondary N) is 1. The monoisotopic (exact) mass is 159 g/mol. The van der Waals surface area contributed by atoms with Gasteiger partial charge in [-0.2, -0.15) is 5.10 Å². The van der Waals surface area contributed by atoms with Crippen molar-refractivity contribution in [3.63, 3.8) is 0 Å². The standard InChI is InChI=1S/C3H3N3O.C2H6O2/c7-3-1-5-6-2-4-3;3-1-2-4/h1-2H,(H,4,6,7);3-4H,1-2H2. The molecule has 0 aromatic carbocycles. The molecule has 0 atom stereocenters. The molecular weight excluding hydrogens is 150 g/mol. The lowest BCUT2D eigenvalue weighted by Crippen LogP contribution is -2.03. The first-order chi connectivity index (χ1) is 5.31. The number of aromatic amines is 1. The highest BCUT2D eigenvalue weighted by Crippen LogP contribution is 1.48. The molecule has 6 nitrogen and oxygen atoms in total. The molecule has 0 bridgehead atoms. The Hall–Kier alpha value is -1.27. The molecule has 0 aliphatic heterocycles. The van der Waals surface area contributed by atoms with E-state index >= 15 is 0 Å². The summed E-state index contributed by atoms with van der Waals surface area (Å²) in [5.41, 5.74) is -0.227. The van der Waals surface area contributed by atoms with Crippen molar-refractivity contribution in [1.29, 1.82) is 0 Å². The lowest BCUT2D eigenvalue weighted by Gasteiger charge is -1.72. The van der Waals surface area contributed by atoms with Gasteiger partial charge in [0.25, 0.3) is 5.56 Å². The highest BCUT2D eigenvalue weighted by atomic mass is 16.3. The van der Waals surface area contributed by atoms with Gasteiger partial charge in [0.05, 0.1) is 13.2 Å². The topological polar surface area (TPSA) is 99.1 Å². The number of aromatic nitrogens is 3. The minimum atomic E-state index is -0.227. The maximum Gasteiger partial charge on any atom is 0.269 e. The summed E-state index contributed by atoms with van der Waals surface area (Å²) in [7, 11) is 0. The van der Waals surface area contributed by atoms with E-state index in [9.17, 15) is 4.79 Å². The van der Waals surface area contributed by atoms with Gasteiger partial charge in [0, 0.05) is 0 Å². The Morgan fingerprint density at radius 3 is 2.18 bits per heavy atom. The molecule has 0 saturated carbocycles. The fraction of sp³-hybridized carbons (Fsp3) is 0.400. The van der Waals surface area contributed by atoms with Gasteiger partial charge in [0.1, 0.15) is 12.5 Å². The largest absolute Gasteiger partial charge is 0.394 e. The maximum absolute atomic E-state index is 10.1. The summed E-state index contributed by atoms with van der Waals surface area (Å²) in [5.74, 6) is 0. The second-order valence-corrected chi connectivity index (χ2v) is 1.44. The third-order valence-electron chi connectivity index (χ3n) is 0.606. The van der Waals surface area contributed by atoms with Crippen LogP contribution in [0, 0.1) is 0 Å². The number of aliphatic hydroxyl groups excluding tert-OH is 2. The van der Waals surface area contributed by atoms with Crippen LogP contribution in [0.4, 0.5) is 0 Å². The minimum absolute atomic E-state index is 0.125. The fourth-order valence-corrected chi connectivity index (χ4v) is 0.249. The van der Waals surface area contributed by atoms with Crippen LogP contribution < -0.4 is 5.56 Å². The molecule has 1 aromatic heterocycles. The van der Waals surface area contributed by atoms with Crippen LogP contribution in [0.3, 0.4) is 0 Å². The maximum atomic E-state index is 10.1. The van der Waals surface area contributed by atoms with Gasteiger partial charge in [0.15, 0.2) is 0 Å². The lowest BCUT2D eigenvalue weighted by atomic mass is 10.8. The van der Waals surface area contributed by atoms with Crippen LogP contribution in [0.2, 0.25) is 0 Å². The van der Waals surface area contributed by atoms with Crippen LogP contribution in [0.1, 0.15) is 0 Å². The Bertz CT molecular complexity index is 205. The first-order valence-electron chi connectivity index (χ1n) is 2.88. The Morgan fingerprint density at radius 1 is 1.36 bits per heavy atom. The lowest BCUT2D eigenvalue weighted by molar-refractivity contribution is 0.186. The van der Waals surface area contributed by atoms with Crippen molar-refractivity contribution in [2.75, 3.05) is 13.2 Å². The molecule has 11 heavy (non-hydrogen) atoms. The zero-order valence-electron chi connectivity index (χ0n) is 5.77. The summed E-state index contributed by atoms with van der Waals surface area (Å²) in [6, 6.07) is 0. The van der Waals surface area contributed by atoms with Gasteiger partial charge in [-0.05, 0) is 0 Å². The highest BCUT2D eigenvalue weighted by molar-refractivity contribution is 4.63. The van der Waals surface area contributed by atoms with Crippen molar-refractivity contribution >= 4 is 0 Å². The molecule has 62 valence electrons. The number of aliphatic hydroxyl groups is 2. The van der Waals surface area contributed by atoms with E-state index in [4.69, 9.17) is 10.2 Å². The molecule has 0 unspecified atom stereocenters. The van der Waals surface area contributed by atoms with E-state index in [-0.39, 0.29) is 18.8 Å². The van der Waals surface area contributed by atoms with Crippen molar-refractivity contribution in [2.24, 2.45) is 0 Å². The first-order valence-corrected chi connectivity index (χ1v) is 2.88. The van der Waals surface area contributed by atoms with Gasteiger partial charge in [0.2, 0.25) is 0 Å². The molecule has 0 radical (unpaired) electrons. The van der Waals surface area contributed by atoms with Crippen molar-refractivity contribution < 1.29 is 10.2 Å². The Balaban J connectivity index is 0.000000218. The highest BCUT2D eigenvalue weighted by Gasteiger charge is 1.71. The minimum Gasteiger partial charge on any atom is -0.394 e. The van der Waals surface area contributed by atoms with Crippen LogP contribution >= 0.6 is 0 Å². The molecule has 3 N–H and O–H groups in total. The molecule has 0 aliphatic carbocycles. The number of hydrogen-bond donors (Lipinski definition) is 3. The van der Waals surface area contributed by atoms with Crippen LogP contribution in [0.15, 0.2) is 17.3 Å². The van der Waals surface area contributed by atoms with E-state index in [1.54, 1.807) is 0 Å². The van der Waals surface area contributed by atoms with E-state index in [1.165, 1.54) is 6.33 Å². The molecule has 0 spiro atoms. The normalized spacial score (nSPS) is 8.18. The Kier molecular flexibility index (Phi) is 6.05. The van der Waals surface area contributed by atoms with Crippen LogP contribution in [0.5, 0.6) is 0 Å². The molecule has 6 heteroatoms.